The fraction of sp³-hybridized carbons (Fsp3) is 0.438. The van der Waals surface area contributed by atoms with E-state index in [2.05, 4.69) is 4.98 Å². The number of benzene rings is 1. The highest BCUT2D eigenvalue weighted by Crippen LogP contribution is 2.29. The van der Waals surface area contributed by atoms with Gasteiger partial charge in [-0.05, 0) is 31.9 Å². The molecule has 1 aliphatic rings. The molecule has 1 aliphatic heterocycles. The number of nitrogens with zero attached hydrogens (tertiary/aromatic N) is 3. The molecule has 0 spiro atoms. The third-order valence-electron chi connectivity index (χ3n) is 4.16. The minimum absolute atomic E-state index is 0.158. The zero-order chi connectivity index (χ0) is 15.7. The Morgan fingerprint density at radius 2 is 1.95 bits per heavy atom. The van der Waals surface area contributed by atoms with E-state index in [0.29, 0.717) is 18.0 Å². The van der Waals surface area contributed by atoms with Crippen molar-refractivity contribution in [1.29, 1.82) is 0 Å². The Morgan fingerprint density at radius 1 is 1.23 bits per heavy atom. The number of aromatic nitrogens is 2. The van der Waals surface area contributed by atoms with Crippen LogP contribution in [-0.2, 0) is 17.1 Å². The van der Waals surface area contributed by atoms with E-state index in [9.17, 15) is 8.42 Å². The Bertz CT molecular complexity index is 753. The van der Waals surface area contributed by atoms with Crippen molar-refractivity contribution in [2.75, 3.05) is 13.1 Å². The molecule has 1 saturated heterocycles. The standard InChI is InChI=1S/C16H21N3O2S/c1-13-11-18(2)16(17-13)14-7-6-10-19(12-14)22(20,21)15-8-4-3-5-9-15/h3-5,8-9,11,14H,6-7,10,12H2,1-2H3/t14-/m0/s1. The molecular weight excluding hydrogens is 298 g/mol. The molecule has 1 aromatic carbocycles. The zero-order valence-corrected chi connectivity index (χ0v) is 13.8. The molecule has 0 bridgehead atoms. The van der Waals surface area contributed by atoms with Gasteiger partial charge in [-0.2, -0.15) is 4.31 Å². The van der Waals surface area contributed by atoms with Gasteiger partial charge in [0.1, 0.15) is 5.82 Å². The summed E-state index contributed by atoms with van der Waals surface area (Å²) < 4.78 is 29.1. The first-order valence-electron chi connectivity index (χ1n) is 7.53. The number of hydrogen-bond donors (Lipinski definition) is 0. The Hall–Kier alpha value is -1.66. The van der Waals surface area contributed by atoms with Gasteiger partial charge in [0.25, 0.3) is 0 Å². The van der Waals surface area contributed by atoms with Crippen molar-refractivity contribution in [3.05, 3.63) is 48.0 Å². The van der Waals surface area contributed by atoms with E-state index >= 15 is 0 Å². The molecule has 1 atom stereocenters. The molecule has 6 heteroatoms. The number of sulfonamides is 1. The molecule has 1 aromatic heterocycles. The predicted octanol–water partition coefficient (Wildman–Crippen LogP) is 2.30. The predicted molar refractivity (Wildman–Crippen MR) is 85.1 cm³/mol. The summed E-state index contributed by atoms with van der Waals surface area (Å²) in [7, 11) is -1.44. The molecule has 118 valence electrons. The van der Waals surface area contributed by atoms with Crippen LogP contribution in [0.2, 0.25) is 0 Å². The number of hydrogen-bond acceptors (Lipinski definition) is 3. The molecule has 0 radical (unpaired) electrons. The Morgan fingerprint density at radius 3 is 2.59 bits per heavy atom. The second kappa shape index (κ2) is 5.85. The molecule has 5 nitrogen and oxygen atoms in total. The van der Waals surface area contributed by atoms with Crippen molar-refractivity contribution >= 4 is 10.0 Å². The van der Waals surface area contributed by atoms with Crippen LogP contribution < -0.4 is 0 Å². The van der Waals surface area contributed by atoms with E-state index in [1.54, 1.807) is 28.6 Å². The molecule has 0 aliphatic carbocycles. The van der Waals surface area contributed by atoms with Gasteiger partial charge in [-0.1, -0.05) is 18.2 Å². The summed E-state index contributed by atoms with van der Waals surface area (Å²) >= 11 is 0. The first-order valence-corrected chi connectivity index (χ1v) is 8.97. The summed E-state index contributed by atoms with van der Waals surface area (Å²) in [6, 6.07) is 8.66. The Kier molecular flexibility index (Phi) is 4.06. The zero-order valence-electron chi connectivity index (χ0n) is 12.9. The summed E-state index contributed by atoms with van der Waals surface area (Å²) in [6.07, 6.45) is 3.83. The third-order valence-corrected chi connectivity index (χ3v) is 6.04. The van der Waals surface area contributed by atoms with E-state index < -0.39 is 10.0 Å². The molecule has 0 N–H and O–H groups in total. The summed E-state index contributed by atoms with van der Waals surface area (Å²) in [4.78, 5) is 4.93. The van der Waals surface area contributed by atoms with Crippen LogP contribution in [0.4, 0.5) is 0 Å². The minimum atomic E-state index is -3.41. The highest BCUT2D eigenvalue weighted by atomic mass is 32.2. The molecule has 1 fully saturated rings. The summed E-state index contributed by atoms with van der Waals surface area (Å²) in [5.74, 6) is 1.14. The van der Waals surface area contributed by atoms with E-state index in [4.69, 9.17) is 0 Å². The van der Waals surface area contributed by atoms with E-state index in [0.717, 1.165) is 24.4 Å². The second-order valence-corrected chi connectivity index (χ2v) is 7.80. The van der Waals surface area contributed by atoms with Gasteiger partial charge in [0.15, 0.2) is 0 Å². The molecule has 0 unspecified atom stereocenters. The third kappa shape index (κ3) is 2.80. The van der Waals surface area contributed by atoms with Crippen LogP contribution in [-0.4, -0.2) is 35.4 Å². The normalized spacial score (nSPS) is 20.2. The molecule has 0 saturated carbocycles. The maximum Gasteiger partial charge on any atom is 0.243 e. The van der Waals surface area contributed by atoms with Crippen molar-refractivity contribution < 1.29 is 8.42 Å². The smallest absolute Gasteiger partial charge is 0.243 e. The van der Waals surface area contributed by atoms with Gasteiger partial charge in [-0.15, -0.1) is 0 Å². The van der Waals surface area contributed by atoms with E-state index in [-0.39, 0.29) is 5.92 Å². The van der Waals surface area contributed by atoms with Crippen molar-refractivity contribution in [3.63, 3.8) is 0 Å². The van der Waals surface area contributed by atoms with Gasteiger partial charge < -0.3 is 4.57 Å². The average molecular weight is 319 g/mol. The molecular formula is C16H21N3O2S. The molecule has 22 heavy (non-hydrogen) atoms. The monoisotopic (exact) mass is 319 g/mol. The first kappa shape index (κ1) is 15.2. The lowest BCUT2D eigenvalue weighted by Gasteiger charge is -2.31. The Labute approximate surface area is 131 Å². The van der Waals surface area contributed by atoms with Crippen molar-refractivity contribution in [2.24, 2.45) is 7.05 Å². The molecule has 3 rings (SSSR count). The van der Waals surface area contributed by atoms with Crippen LogP contribution >= 0.6 is 0 Å². The largest absolute Gasteiger partial charge is 0.337 e. The maximum absolute atomic E-state index is 12.8. The number of imidazole rings is 1. The van der Waals surface area contributed by atoms with Crippen molar-refractivity contribution in [2.45, 2.75) is 30.6 Å². The van der Waals surface area contributed by atoms with Crippen LogP contribution in [0.25, 0.3) is 0 Å². The van der Waals surface area contributed by atoms with E-state index in [1.165, 1.54) is 0 Å². The molecule has 0 amide bonds. The van der Waals surface area contributed by atoms with Gasteiger partial charge in [0.05, 0.1) is 10.6 Å². The topological polar surface area (TPSA) is 55.2 Å². The molecule has 2 heterocycles. The second-order valence-electron chi connectivity index (χ2n) is 5.87. The van der Waals surface area contributed by atoms with Gasteiger partial charge in [0, 0.05) is 32.3 Å². The van der Waals surface area contributed by atoms with Crippen molar-refractivity contribution in [1.82, 2.24) is 13.9 Å². The number of piperidine rings is 1. The van der Waals surface area contributed by atoms with Crippen LogP contribution in [0.3, 0.4) is 0 Å². The number of rotatable bonds is 3. The van der Waals surface area contributed by atoms with Crippen molar-refractivity contribution in [3.8, 4) is 0 Å². The van der Waals surface area contributed by atoms with Crippen LogP contribution in [0, 0.1) is 6.92 Å². The summed E-state index contributed by atoms with van der Waals surface area (Å²) in [5.41, 5.74) is 0.973. The van der Waals surface area contributed by atoms with Crippen LogP contribution in [0.1, 0.15) is 30.3 Å². The van der Waals surface area contributed by atoms with Gasteiger partial charge in [-0.3, -0.25) is 0 Å². The van der Waals surface area contributed by atoms with Gasteiger partial charge in [0.2, 0.25) is 10.0 Å². The summed E-state index contributed by atoms with van der Waals surface area (Å²) in [5, 5.41) is 0. The van der Waals surface area contributed by atoms with Crippen LogP contribution in [0.15, 0.2) is 41.4 Å². The summed E-state index contributed by atoms with van der Waals surface area (Å²) in [6.45, 7) is 3.05. The highest BCUT2D eigenvalue weighted by Gasteiger charge is 2.32. The lowest BCUT2D eigenvalue weighted by molar-refractivity contribution is 0.306. The molecule has 2 aromatic rings. The highest BCUT2D eigenvalue weighted by molar-refractivity contribution is 7.89. The SMILES string of the molecule is Cc1cn(C)c([C@H]2CCCN(S(=O)(=O)c3ccccc3)C2)n1. The fourth-order valence-electron chi connectivity index (χ4n) is 3.13. The van der Waals surface area contributed by atoms with Gasteiger partial charge >= 0.3 is 0 Å². The fourth-order valence-corrected chi connectivity index (χ4v) is 4.67. The van der Waals surface area contributed by atoms with E-state index in [1.807, 2.05) is 30.8 Å². The number of aryl methyl sites for hydroxylation is 2. The van der Waals surface area contributed by atoms with Crippen LogP contribution in [0.5, 0.6) is 0 Å². The quantitative estimate of drug-likeness (QED) is 0.872. The first-order chi connectivity index (χ1) is 10.5. The minimum Gasteiger partial charge on any atom is -0.337 e. The maximum atomic E-state index is 12.8. The Balaban J connectivity index is 1.86. The average Bonchev–Trinajstić information content (AvgIpc) is 2.87. The lowest BCUT2D eigenvalue weighted by atomic mass is 9.99. The van der Waals surface area contributed by atoms with Gasteiger partial charge in [-0.25, -0.2) is 13.4 Å². The lowest BCUT2D eigenvalue weighted by Crippen LogP contribution is -2.39.